The molecule has 9 heteroatoms. The molecule has 0 aromatic carbocycles. The first-order valence-corrected chi connectivity index (χ1v) is 9.92. The summed E-state index contributed by atoms with van der Waals surface area (Å²) in [4.78, 5) is 19.4. The van der Waals surface area contributed by atoms with Gasteiger partial charge in [0.05, 0.1) is 6.20 Å². The highest BCUT2D eigenvalue weighted by Crippen LogP contribution is 2.24. The predicted molar refractivity (Wildman–Crippen MR) is 103 cm³/mol. The van der Waals surface area contributed by atoms with Gasteiger partial charge in [-0.15, -0.1) is 16.4 Å². The third-order valence-electron chi connectivity index (χ3n) is 4.73. The number of thiazole rings is 1. The van der Waals surface area contributed by atoms with Gasteiger partial charge in [-0.05, 0) is 31.5 Å². The van der Waals surface area contributed by atoms with Crippen molar-refractivity contribution in [2.24, 2.45) is 0 Å². The lowest BCUT2D eigenvalue weighted by Gasteiger charge is -2.31. The third kappa shape index (κ3) is 4.04. The van der Waals surface area contributed by atoms with Gasteiger partial charge in [0.1, 0.15) is 10.7 Å². The lowest BCUT2D eigenvalue weighted by atomic mass is 10.1. The second kappa shape index (κ2) is 7.93. The van der Waals surface area contributed by atoms with Crippen molar-refractivity contribution >= 4 is 17.2 Å². The largest absolute Gasteiger partial charge is 0.348 e. The second-order valence-electron chi connectivity index (χ2n) is 6.48. The van der Waals surface area contributed by atoms with Crippen molar-refractivity contribution in [3.8, 4) is 16.4 Å². The van der Waals surface area contributed by atoms with Gasteiger partial charge in [-0.1, -0.05) is 6.92 Å². The summed E-state index contributed by atoms with van der Waals surface area (Å²) in [6.07, 6.45) is 7.15. The van der Waals surface area contributed by atoms with Crippen LogP contribution in [-0.2, 0) is 0 Å². The minimum absolute atomic E-state index is 0.103. The topological polar surface area (TPSA) is 88.8 Å². The summed E-state index contributed by atoms with van der Waals surface area (Å²) in [6.45, 7) is 5.30. The van der Waals surface area contributed by atoms with Crippen molar-refractivity contribution < 1.29 is 4.79 Å². The van der Waals surface area contributed by atoms with E-state index in [1.165, 1.54) is 11.3 Å². The highest BCUT2D eigenvalue weighted by molar-refractivity contribution is 7.13. The van der Waals surface area contributed by atoms with Crippen LogP contribution >= 0.6 is 11.3 Å². The number of carbonyl (C=O) groups is 1. The van der Waals surface area contributed by atoms with Gasteiger partial charge in [0.2, 0.25) is 0 Å². The Morgan fingerprint density at radius 1 is 1.37 bits per heavy atom. The first kappa shape index (κ1) is 17.7. The number of piperidine rings is 1. The van der Waals surface area contributed by atoms with Gasteiger partial charge in [0, 0.05) is 42.5 Å². The molecule has 0 aliphatic carbocycles. The van der Waals surface area contributed by atoms with Crippen LogP contribution in [0.5, 0.6) is 0 Å². The number of hydrogen-bond donors (Lipinski definition) is 1. The molecule has 0 unspecified atom stereocenters. The van der Waals surface area contributed by atoms with Crippen LogP contribution in [0.2, 0.25) is 0 Å². The van der Waals surface area contributed by atoms with E-state index >= 15 is 0 Å². The van der Waals surface area contributed by atoms with Gasteiger partial charge in [0.25, 0.3) is 5.91 Å². The van der Waals surface area contributed by atoms with Crippen LogP contribution in [0.4, 0.5) is 0 Å². The molecule has 0 spiro atoms. The first-order valence-electron chi connectivity index (χ1n) is 9.05. The molecule has 1 aliphatic rings. The van der Waals surface area contributed by atoms with Crippen LogP contribution in [0.15, 0.2) is 36.1 Å². The summed E-state index contributed by atoms with van der Waals surface area (Å²) in [5, 5.41) is 17.9. The van der Waals surface area contributed by atoms with Crippen LogP contribution in [0.3, 0.4) is 0 Å². The van der Waals surface area contributed by atoms with Gasteiger partial charge in [-0.3, -0.25) is 4.79 Å². The summed E-state index contributed by atoms with van der Waals surface area (Å²) in [6, 6.07) is 3.86. The molecule has 27 heavy (non-hydrogen) atoms. The molecule has 0 atom stereocenters. The third-order valence-corrected chi connectivity index (χ3v) is 5.62. The zero-order chi connectivity index (χ0) is 18.6. The predicted octanol–water partition coefficient (Wildman–Crippen LogP) is 2.00. The summed E-state index contributed by atoms with van der Waals surface area (Å²) < 4.78 is 1.64. The average Bonchev–Trinajstić information content (AvgIpc) is 3.39. The van der Waals surface area contributed by atoms with Gasteiger partial charge >= 0.3 is 0 Å². The van der Waals surface area contributed by atoms with Crippen molar-refractivity contribution in [2.45, 2.75) is 25.8 Å². The number of carbonyl (C=O) groups excluding carboxylic acids is 1. The van der Waals surface area contributed by atoms with E-state index in [1.807, 2.05) is 12.3 Å². The standard InChI is InChI=1S/C18H21N7OS/c1-2-24-8-5-14(6-9-24)21-17(26)15-12-27-18(22-15)13-10-20-25(11-13)16-4-3-7-19-23-16/h3-4,7,10-12,14H,2,5-6,8-9H2,1H3,(H,21,26). The van der Waals surface area contributed by atoms with Crippen molar-refractivity contribution in [3.63, 3.8) is 0 Å². The second-order valence-corrected chi connectivity index (χ2v) is 7.33. The zero-order valence-electron chi connectivity index (χ0n) is 15.1. The number of amides is 1. The van der Waals surface area contributed by atoms with Crippen LogP contribution in [0, 0.1) is 0 Å². The van der Waals surface area contributed by atoms with Crippen molar-refractivity contribution in [2.75, 3.05) is 19.6 Å². The SMILES string of the molecule is CCN1CCC(NC(=O)c2csc(-c3cnn(-c4cccnn4)c3)n2)CC1. The Hall–Kier alpha value is -2.65. The highest BCUT2D eigenvalue weighted by atomic mass is 32.1. The molecule has 3 aromatic heterocycles. The van der Waals surface area contributed by atoms with E-state index in [9.17, 15) is 4.79 Å². The van der Waals surface area contributed by atoms with E-state index in [0.717, 1.165) is 43.0 Å². The van der Waals surface area contributed by atoms with E-state index in [4.69, 9.17) is 0 Å². The van der Waals surface area contributed by atoms with Crippen LogP contribution in [0.25, 0.3) is 16.4 Å². The minimum Gasteiger partial charge on any atom is -0.348 e. The fourth-order valence-electron chi connectivity index (χ4n) is 3.14. The van der Waals surface area contributed by atoms with Gasteiger partial charge in [-0.2, -0.15) is 10.2 Å². The summed E-state index contributed by atoms with van der Waals surface area (Å²) in [5.41, 5.74) is 1.31. The molecule has 1 aliphatic heterocycles. The maximum Gasteiger partial charge on any atom is 0.270 e. The van der Waals surface area contributed by atoms with E-state index in [1.54, 1.807) is 28.5 Å². The van der Waals surface area contributed by atoms with E-state index in [-0.39, 0.29) is 11.9 Å². The molecule has 4 rings (SSSR count). The molecule has 4 heterocycles. The van der Waals surface area contributed by atoms with Crippen molar-refractivity contribution in [1.29, 1.82) is 0 Å². The quantitative estimate of drug-likeness (QED) is 0.725. The molecular weight excluding hydrogens is 362 g/mol. The van der Waals surface area contributed by atoms with Crippen LogP contribution < -0.4 is 5.32 Å². The number of nitrogens with one attached hydrogen (secondary N) is 1. The van der Waals surface area contributed by atoms with Gasteiger partial charge < -0.3 is 10.2 Å². The molecule has 3 aromatic rings. The molecule has 0 radical (unpaired) electrons. The Morgan fingerprint density at radius 2 is 2.22 bits per heavy atom. The molecule has 0 saturated carbocycles. The van der Waals surface area contributed by atoms with E-state index < -0.39 is 0 Å². The number of rotatable bonds is 5. The van der Waals surface area contributed by atoms with Crippen LogP contribution in [-0.4, -0.2) is 61.4 Å². The molecule has 0 bridgehead atoms. The smallest absolute Gasteiger partial charge is 0.270 e. The Morgan fingerprint density at radius 3 is 2.96 bits per heavy atom. The Labute approximate surface area is 161 Å². The Kier molecular flexibility index (Phi) is 5.21. The fourth-order valence-corrected chi connectivity index (χ4v) is 3.91. The Bertz CT molecular complexity index is 899. The lowest BCUT2D eigenvalue weighted by molar-refractivity contribution is 0.0908. The van der Waals surface area contributed by atoms with Gasteiger partial charge in [0.15, 0.2) is 5.82 Å². The number of aromatic nitrogens is 5. The maximum absolute atomic E-state index is 12.5. The maximum atomic E-state index is 12.5. The number of nitrogens with zero attached hydrogens (tertiary/aromatic N) is 6. The molecular formula is C18H21N7OS. The van der Waals surface area contributed by atoms with E-state index in [0.29, 0.717) is 11.5 Å². The summed E-state index contributed by atoms with van der Waals surface area (Å²) in [7, 11) is 0. The fraction of sp³-hybridized carbons (Fsp3) is 0.389. The van der Waals surface area contributed by atoms with Crippen molar-refractivity contribution in [3.05, 3.63) is 41.8 Å². The molecule has 1 N–H and O–H groups in total. The molecule has 8 nitrogen and oxygen atoms in total. The first-order chi connectivity index (χ1) is 13.2. The highest BCUT2D eigenvalue weighted by Gasteiger charge is 2.21. The summed E-state index contributed by atoms with van der Waals surface area (Å²) >= 11 is 1.44. The monoisotopic (exact) mass is 383 g/mol. The normalized spacial score (nSPS) is 15.7. The Balaban J connectivity index is 1.41. The molecule has 140 valence electrons. The number of likely N-dealkylation sites (tertiary alicyclic amines) is 1. The van der Waals surface area contributed by atoms with E-state index in [2.05, 4.69) is 37.4 Å². The lowest BCUT2D eigenvalue weighted by Crippen LogP contribution is -2.44. The number of hydrogen-bond acceptors (Lipinski definition) is 7. The molecule has 1 fully saturated rings. The zero-order valence-corrected chi connectivity index (χ0v) is 15.9. The summed E-state index contributed by atoms with van der Waals surface area (Å²) in [5.74, 6) is 0.533. The van der Waals surface area contributed by atoms with Crippen LogP contribution in [0.1, 0.15) is 30.3 Å². The minimum atomic E-state index is -0.103. The average molecular weight is 383 g/mol. The van der Waals surface area contributed by atoms with Crippen molar-refractivity contribution in [1.82, 2.24) is 35.2 Å². The van der Waals surface area contributed by atoms with Gasteiger partial charge in [-0.25, -0.2) is 9.67 Å². The molecule has 1 saturated heterocycles. The molecule has 1 amide bonds.